The predicted molar refractivity (Wildman–Crippen MR) is 82.0 cm³/mol. The van der Waals surface area contributed by atoms with E-state index in [9.17, 15) is 10.2 Å². The second-order valence-electron chi connectivity index (χ2n) is 4.79. The topological polar surface area (TPSA) is 104 Å². The molecule has 0 spiro atoms. The van der Waals surface area contributed by atoms with E-state index in [0.717, 1.165) is 16.6 Å². The van der Waals surface area contributed by atoms with Gasteiger partial charge in [-0.1, -0.05) is 13.8 Å². The standard InChI is InChI=1S/C13H20N4O2S/c1-3-8-5-9-10(15-12(14)16-11(9)20-8)17-13(4-2,6-18)7-19/h5,18-19H,3-4,6-7H2,1-2H3,(H3,14,15,16,17). The highest BCUT2D eigenvalue weighted by Gasteiger charge is 2.28. The number of aliphatic hydroxyl groups excluding tert-OH is 2. The largest absolute Gasteiger partial charge is 0.394 e. The van der Waals surface area contributed by atoms with Crippen molar-refractivity contribution in [3.05, 3.63) is 10.9 Å². The minimum Gasteiger partial charge on any atom is -0.394 e. The number of fused-ring (bicyclic) bond motifs is 1. The van der Waals surface area contributed by atoms with Crippen LogP contribution in [-0.4, -0.2) is 38.9 Å². The monoisotopic (exact) mass is 296 g/mol. The summed E-state index contributed by atoms with van der Waals surface area (Å²) in [6, 6.07) is 2.02. The number of thiophene rings is 1. The molecule has 0 bridgehead atoms. The molecule has 6 nitrogen and oxygen atoms in total. The summed E-state index contributed by atoms with van der Waals surface area (Å²) in [7, 11) is 0. The van der Waals surface area contributed by atoms with Crippen molar-refractivity contribution in [2.45, 2.75) is 32.2 Å². The first-order valence-corrected chi connectivity index (χ1v) is 7.45. The Labute approximate surface area is 121 Å². The number of aromatic nitrogens is 2. The number of aliphatic hydroxyl groups is 2. The molecule has 0 saturated heterocycles. The van der Waals surface area contributed by atoms with Crippen LogP contribution in [0.15, 0.2) is 6.07 Å². The Morgan fingerprint density at radius 2 is 2.00 bits per heavy atom. The van der Waals surface area contributed by atoms with Crippen LogP contribution < -0.4 is 11.1 Å². The van der Waals surface area contributed by atoms with Gasteiger partial charge >= 0.3 is 0 Å². The first kappa shape index (κ1) is 15.0. The van der Waals surface area contributed by atoms with Gasteiger partial charge in [0.1, 0.15) is 10.6 Å². The fourth-order valence-corrected chi connectivity index (χ4v) is 2.92. The van der Waals surface area contributed by atoms with Crippen molar-refractivity contribution in [3.63, 3.8) is 0 Å². The molecule has 0 fully saturated rings. The van der Waals surface area contributed by atoms with Gasteiger partial charge in [0, 0.05) is 4.88 Å². The minimum absolute atomic E-state index is 0.184. The third kappa shape index (κ3) is 2.70. The molecule has 2 heterocycles. The number of hydrogen-bond acceptors (Lipinski definition) is 7. The normalized spacial score (nSPS) is 12.0. The van der Waals surface area contributed by atoms with Crippen LogP contribution in [0.1, 0.15) is 25.1 Å². The second-order valence-corrected chi connectivity index (χ2v) is 5.91. The minimum atomic E-state index is -0.804. The van der Waals surface area contributed by atoms with Gasteiger partial charge in [-0.05, 0) is 18.9 Å². The first-order valence-electron chi connectivity index (χ1n) is 6.63. The number of anilines is 2. The number of nitrogens with two attached hydrogens (primary N) is 1. The summed E-state index contributed by atoms with van der Waals surface area (Å²) in [6.07, 6.45) is 1.48. The van der Waals surface area contributed by atoms with Crippen molar-refractivity contribution in [3.8, 4) is 0 Å². The van der Waals surface area contributed by atoms with E-state index in [1.165, 1.54) is 4.88 Å². The lowest BCUT2D eigenvalue weighted by Gasteiger charge is -2.30. The Morgan fingerprint density at radius 3 is 2.55 bits per heavy atom. The van der Waals surface area contributed by atoms with Crippen LogP contribution in [0.3, 0.4) is 0 Å². The van der Waals surface area contributed by atoms with Crippen LogP contribution in [0.4, 0.5) is 11.8 Å². The van der Waals surface area contributed by atoms with E-state index in [1.807, 2.05) is 13.0 Å². The number of nitrogens with one attached hydrogen (secondary N) is 1. The summed E-state index contributed by atoms with van der Waals surface area (Å²) >= 11 is 1.58. The molecular weight excluding hydrogens is 276 g/mol. The number of rotatable bonds is 6. The van der Waals surface area contributed by atoms with Gasteiger partial charge < -0.3 is 21.3 Å². The zero-order chi connectivity index (χ0) is 14.8. The van der Waals surface area contributed by atoms with Crippen LogP contribution in [0.25, 0.3) is 10.2 Å². The van der Waals surface area contributed by atoms with Gasteiger partial charge in [0.25, 0.3) is 0 Å². The summed E-state index contributed by atoms with van der Waals surface area (Å²) in [6.45, 7) is 3.60. The quantitative estimate of drug-likeness (QED) is 0.642. The lowest BCUT2D eigenvalue weighted by Crippen LogP contribution is -2.45. The SMILES string of the molecule is CCc1cc2c(NC(CC)(CO)CO)nc(N)nc2s1. The molecule has 20 heavy (non-hydrogen) atoms. The molecule has 0 unspecified atom stereocenters. The van der Waals surface area contributed by atoms with Gasteiger partial charge in [0.2, 0.25) is 5.95 Å². The van der Waals surface area contributed by atoms with Crippen molar-refractivity contribution in [2.75, 3.05) is 24.3 Å². The number of nitrogen functional groups attached to an aromatic ring is 1. The molecule has 0 atom stereocenters. The third-order valence-corrected chi connectivity index (χ3v) is 4.65. The molecule has 2 aromatic heterocycles. The summed E-state index contributed by atoms with van der Waals surface area (Å²) in [5.74, 6) is 0.749. The highest BCUT2D eigenvalue weighted by atomic mass is 32.1. The van der Waals surface area contributed by atoms with E-state index in [1.54, 1.807) is 11.3 Å². The van der Waals surface area contributed by atoms with Crippen molar-refractivity contribution < 1.29 is 10.2 Å². The number of hydrogen-bond donors (Lipinski definition) is 4. The van der Waals surface area contributed by atoms with Gasteiger partial charge in [-0.25, -0.2) is 4.98 Å². The highest BCUT2D eigenvalue weighted by Crippen LogP contribution is 2.31. The zero-order valence-electron chi connectivity index (χ0n) is 11.7. The summed E-state index contributed by atoms with van der Waals surface area (Å²) < 4.78 is 0. The van der Waals surface area contributed by atoms with E-state index in [-0.39, 0.29) is 19.2 Å². The average molecular weight is 296 g/mol. The number of aryl methyl sites for hydroxylation is 1. The molecule has 0 radical (unpaired) electrons. The Morgan fingerprint density at radius 1 is 1.30 bits per heavy atom. The van der Waals surface area contributed by atoms with E-state index in [0.29, 0.717) is 12.2 Å². The molecule has 2 rings (SSSR count). The van der Waals surface area contributed by atoms with E-state index in [2.05, 4.69) is 22.2 Å². The van der Waals surface area contributed by atoms with Gasteiger partial charge in [-0.15, -0.1) is 11.3 Å². The molecule has 0 aliphatic rings. The highest BCUT2D eigenvalue weighted by molar-refractivity contribution is 7.18. The Kier molecular flexibility index (Phi) is 4.42. The second kappa shape index (κ2) is 5.90. The molecule has 5 N–H and O–H groups in total. The number of nitrogens with zero attached hydrogens (tertiary/aromatic N) is 2. The first-order chi connectivity index (χ1) is 9.57. The van der Waals surface area contributed by atoms with Crippen molar-refractivity contribution in [2.24, 2.45) is 0 Å². The fourth-order valence-electron chi connectivity index (χ4n) is 1.95. The van der Waals surface area contributed by atoms with Gasteiger partial charge in [0.15, 0.2) is 0 Å². The Bertz CT molecular complexity index is 587. The molecule has 0 saturated carbocycles. The molecular formula is C13H20N4O2S. The molecule has 110 valence electrons. The smallest absolute Gasteiger partial charge is 0.223 e. The van der Waals surface area contributed by atoms with Crippen LogP contribution >= 0.6 is 11.3 Å². The van der Waals surface area contributed by atoms with Crippen LogP contribution in [0, 0.1) is 0 Å². The molecule has 0 aliphatic heterocycles. The fraction of sp³-hybridized carbons (Fsp3) is 0.538. The molecule has 2 aromatic rings. The van der Waals surface area contributed by atoms with E-state index in [4.69, 9.17) is 5.73 Å². The molecule has 0 aromatic carbocycles. The van der Waals surface area contributed by atoms with E-state index < -0.39 is 5.54 Å². The van der Waals surface area contributed by atoms with Gasteiger partial charge in [-0.3, -0.25) is 0 Å². The third-order valence-electron chi connectivity index (χ3n) is 3.48. The van der Waals surface area contributed by atoms with Crippen molar-refractivity contribution in [1.82, 2.24) is 9.97 Å². The van der Waals surface area contributed by atoms with E-state index >= 15 is 0 Å². The summed E-state index contributed by atoms with van der Waals surface area (Å²) in [5, 5.41) is 23.1. The molecule has 0 amide bonds. The van der Waals surface area contributed by atoms with Crippen molar-refractivity contribution >= 4 is 33.3 Å². The van der Waals surface area contributed by atoms with Crippen LogP contribution in [0.2, 0.25) is 0 Å². The lowest BCUT2D eigenvalue weighted by atomic mass is 9.98. The lowest BCUT2D eigenvalue weighted by molar-refractivity contribution is 0.132. The van der Waals surface area contributed by atoms with Gasteiger partial charge in [-0.2, -0.15) is 4.98 Å². The molecule has 0 aliphatic carbocycles. The maximum Gasteiger partial charge on any atom is 0.223 e. The molecule has 7 heteroatoms. The Hall–Kier alpha value is -1.44. The van der Waals surface area contributed by atoms with Gasteiger partial charge in [0.05, 0.1) is 24.1 Å². The summed E-state index contributed by atoms with van der Waals surface area (Å²) in [5.41, 5.74) is 4.93. The Balaban J connectivity index is 2.49. The maximum absolute atomic E-state index is 9.54. The predicted octanol–water partition coefficient (Wildman–Crippen LogP) is 1.38. The zero-order valence-corrected chi connectivity index (χ0v) is 12.5. The average Bonchev–Trinajstić information content (AvgIpc) is 2.88. The van der Waals surface area contributed by atoms with Crippen molar-refractivity contribution in [1.29, 1.82) is 0 Å². The van der Waals surface area contributed by atoms with Crippen LogP contribution in [0.5, 0.6) is 0 Å². The van der Waals surface area contributed by atoms with Crippen LogP contribution in [-0.2, 0) is 6.42 Å². The summed E-state index contributed by atoms with van der Waals surface area (Å²) in [4.78, 5) is 10.5. The maximum atomic E-state index is 9.54.